The molecule has 0 saturated carbocycles. The van der Waals surface area contributed by atoms with E-state index in [1.807, 2.05) is 13.1 Å². The van der Waals surface area contributed by atoms with Crippen LogP contribution in [-0.2, 0) is 12.8 Å². The highest BCUT2D eigenvalue weighted by Crippen LogP contribution is 2.23. The Hall–Kier alpha value is -1.23. The lowest BCUT2D eigenvalue weighted by atomic mass is 10.0. The van der Waals surface area contributed by atoms with E-state index >= 15 is 0 Å². The van der Waals surface area contributed by atoms with Crippen LogP contribution in [0.5, 0.6) is 0 Å². The van der Waals surface area contributed by atoms with Gasteiger partial charge in [0.15, 0.2) is 0 Å². The van der Waals surface area contributed by atoms with Crippen LogP contribution in [0.1, 0.15) is 34.0 Å². The van der Waals surface area contributed by atoms with Crippen molar-refractivity contribution in [3.05, 3.63) is 51.5 Å². The molecule has 0 aliphatic carbocycles. The predicted octanol–water partition coefficient (Wildman–Crippen LogP) is 2.76. The van der Waals surface area contributed by atoms with Gasteiger partial charge in [0, 0.05) is 11.1 Å². The molecule has 96 valence electrons. The van der Waals surface area contributed by atoms with Gasteiger partial charge in [-0.15, -0.1) is 11.3 Å². The fraction of sp³-hybridized carbons (Fsp3) is 0.357. The number of benzene rings is 1. The minimum absolute atomic E-state index is 0.142. The number of hydrazine groups is 1. The molecule has 0 aliphatic heterocycles. The Bertz CT molecular complexity index is 490. The van der Waals surface area contributed by atoms with Gasteiger partial charge in [-0.3, -0.25) is 11.3 Å². The lowest BCUT2D eigenvalue weighted by Crippen LogP contribution is -2.28. The zero-order chi connectivity index (χ0) is 13.0. The second-order valence-corrected chi connectivity index (χ2v) is 5.64. The number of aryl methyl sites for hydroxylation is 2. The van der Waals surface area contributed by atoms with E-state index in [-0.39, 0.29) is 6.04 Å². The van der Waals surface area contributed by atoms with Crippen molar-refractivity contribution >= 4 is 11.3 Å². The number of hydrogen-bond acceptors (Lipinski definition) is 4. The van der Waals surface area contributed by atoms with Gasteiger partial charge in [0.1, 0.15) is 0 Å². The number of nitrogens with zero attached hydrogens (tertiary/aromatic N) is 1. The lowest BCUT2D eigenvalue weighted by molar-refractivity contribution is 0.559. The molecule has 0 fully saturated rings. The van der Waals surface area contributed by atoms with Gasteiger partial charge in [-0.05, 0) is 30.9 Å². The third-order valence-electron chi connectivity index (χ3n) is 3.05. The maximum Gasteiger partial charge on any atom is 0.0897 e. The largest absolute Gasteiger partial charge is 0.271 e. The number of nitrogens with one attached hydrogen (secondary N) is 1. The van der Waals surface area contributed by atoms with Gasteiger partial charge in [0.2, 0.25) is 0 Å². The summed E-state index contributed by atoms with van der Waals surface area (Å²) >= 11 is 1.69. The van der Waals surface area contributed by atoms with Crippen LogP contribution in [0.4, 0.5) is 0 Å². The number of hydrogen-bond donors (Lipinski definition) is 2. The van der Waals surface area contributed by atoms with Crippen molar-refractivity contribution in [2.75, 3.05) is 0 Å². The average Bonchev–Trinajstić information content (AvgIpc) is 2.83. The molecule has 0 radical (unpaired) electrons. The maximum absolute atomic E-state index is 5.65. The van der Waals surface area contributed by atoms with Crippen molar-refractivity contribution < 1.29 is 0 Å². The van der Waals surface area contributed by atoms with Crippen LogP contribution in [0.15, 0.2) is 30.5 Å². The quantitative estimate of drug-likeness (QED) is 0.643. The maximum atomic E-state index is 5.65. The van der Waals surface area contributed by atoms with Crippen LogP contribution in [-0.4, -0.2) is 4.98 Å². The summed E-state index contributed by atoms with van der Waals surface area (Å²) in [5.41, 5.74) is 5.54. The number of nitrogens with two attached hydrogens (primary N) is 1. The zero-order valence-electron chi connectivity index (χ0n) is 10.8. The highest BCUT2D eigenvalue weighted by molar-refractivity contribution is 7.11. The molecule has 1 heterocycles. The molecule has 4 heteroatoms. The van der Waals surface area contributed by atoms with Gasteiger partial charge < -0.3 is 0 Å². The van der Waals surface area contributed by atoms with Crippen molar-refractivity contribution in [3.8, 4) is 0 Å². The molecule has 0 aliphatic rings. The van der Waals surface area contributed by atoms with Crippen LogP contribution in [0.25, 0.3) is 0 Å². The molecule has 2 rings (SSSR count). The third-order valence-corrected chi connectivity index (χ3v) is 4.08. The first-order chi connectivity index (χ1) is 8.72. The van der Waals surface area contributed by atoms with Gasteiger partial charge in [0.25, 0.3) is 0 Å². The molecule has 18 heavy (non-hydrogen) atoms. The summed E-state index contributed by atoms with van der Waals surface area (Å²) < 4.78 is 0. The molecule has 2 aromatic rings. The molecule has 1 unspecified atom stereocenters. The summed E-state index contributed by atoms with van der Waals surface area (Å²) in [4.78, 5) is 5.47. The van der Waals surface area contributed by atoms with Crippen LogP contribution < -0.4 is 11.3 Å². The van der Waals surface area contributed by atoms with Crippen molar-refractivity contribution in [3.63, 3.8) is 0 Å². The Morgan fingerprint density at radius 1 is 1.28 bits per heavy atom. The van der Waals surface area contributed by atoms with Gasteiger partial charge in [-0.25, -0.2) is 4.98 Å². The Kier molecular flexibility index (Phi) is 4.47. The fourth-order valence-corrected chi connectivity index (χ4v) is 2.77. The highest BCUT2D eigenvalue weighted by atomic mass is 32.1. The SMILES string of the molecule is CCc1ccc(CC(NN)c2cnc(C)s2)cc1. The summed E-state index contributed by atoms with van der Waals surface area (Å²) in [5, 5.41) is 1.08. The van der Waals surface area contributed by atoms with Gasteiger partial charge >= 0.3 is 0 Å². The monoisotopic (exact) mass is 261 g/mol. The average molecular weight is 261 g/mol. The van der Waals surface area contributed by atoms with E-state index in [2.05, 4.69) is 41.6 Å². The van der Waals surface area contributed by atoms with Crippen molar-refractivity contribution in [2.45, 2.75) is 32.7 Å². The fourth-order valence-electron chi connectivity index (χ4n) is 1.93. The molecule has 3 N–H and O–H groups in total. The molecule has 1 aromatic heterocycles. The first kappa shape index (κ1) is 13.2. The van der Waals surface area contributed by atoms with Crippen LogP contribution >= 0.6 is 11.3 Å². The Labute approximate surface area is 112 Å². The van der Waals surface area contributed by atoms with E-state index < -0.39 is 0 Å². The standard InChI is InChI=1S/C14H19N3S/c1-3-11-4-6-12(7-5-11)8-13(17-15)14-9-16-10(2)18-14/h4-7,9,13,17H,3,8,15H2,1-2H3. The molecule has 0 amide bonds. The van der Waals surface area contributed by atoms with Crippen molar-refractivity contribution in [1.29, 1.82) is 0 Å². The summed E-state index contributed by atoms with van der Waals surface area (Å²) in [6, 6.07) is 8.86. The first-order valence-electron chi connectivity index (χ1n) is 6.19. The van der Waals surface area contributed by atoms with Crippen molar-refractivity contribution in [1.82, 2.24) is 10.4 Å². The number of aromatic nitrogens is 1. The summed E-state index contributed by atoms with van der Waals surface area (Å²) in [6.45, 7) is 4.18. The molecular weight excluding hydrogens is 242 g/mol. The van der Waals surface area contributed by atoms with Crippen LogP contribution in [0.2, 0.25) is 0 Å². The molecular formula is C14H19N3S. The van der Waals surface area contributed by atoms with Crippen LogP contribution in [0.3, 0.4) is 0 Å². The van der Waals surface area contributed by atoms with Gasteiger partial charge in [-0.2, -0.15) is 0 Å². The molecule has 1 atom stereocenters. The normalized spacial score (nSPS) is 12.6. The van der Waals surface area contributed by atoms with E-state index in [1.54, 1.807) is 11.3 Å². The molecule has 0 saturated heterocycles. The number of rotatable bonds is 5. The van der Waals surface area contributed by atoms with E-state index in [0.717, 1.165) is 17.8 Å². The molecule has 1 aromatic carbocycles. The summed E-state index contributed by atoms with van der Waals surface area (Å²) in [5.74, 6) is 5.65. The first-order valence-corrected chi connectivity index (χ1v) is 7.01. The molecule has 3 nitrogen and oxygen atoms in total. The molecule has 0 bridgehead atoms. The Balaban J connectivity index is 2.10. The number of thiazole rings is 1. The summed E-state index contributed by atoms with van der Waals surface area (Å²) in [6.07, 6.45) is 3.87. The van der Waals surface area contributed by atoms with Crippen molar-refractivity contribution in [2.24, 2.45) is 5.84 Å². The zero-order valence-corrected chi connectivity index (χ0v) is 11.6. The van der Waals surface area contributed by atoms with Gasteiger partial charge in [-0.1, -0.05) is 31.2 Å². The minimum Gasteiger partial charge on any atom is -0.271 e. The lowest BCUT2D eigenvalue weighted by Gasteiger charge is -2.14. The van der Waals surface area contributed by atoms with E-state index in [4.69, 9.17) is 5.84 Å². The van der Waals surface area contributed by atoms with E-state index in [0.29, 0.717) is 0 Å². The highest BCUT2D eigenvalue weighted by Gasteiger charge is 2.13. The van der Waals surface area contributed by atoms with E-state index in [9.17, 15) is 0 Å². The third kappa shape index (κ3) is 3.16. The second-order valence-electron chi connectivity index (χ2n) is 4.38. The predicted molar refractivity (Wildman–Crippen MR) is 76.4 cm³/mol. The minimum atomic E-state index is 0.142. The van der Waals surface area contributed by atoms with Gasteiger partial charge in [0.05, 0.1) is 11.0 Å². The Morgan fingerprint density at radius 3 is 2.44 bits per heavy atom. The van der Waals surface area contributed by atoms with E-state index in [1.165, 1.54) is 16.0 Å². The second kappa shape index (κ2) is 6.09. The topological polar surface area (TPSA) is 50.9 Å². The Morgan fingerprint density at radius 2 is 1.94 bits per heavy atom. The smallest absolute Gasteiger partial charge is 0.0897 e. The van der Waals surface area contributed by atoms with Crippen LogP contribution in [0, 0.1) is 6.92 Å². The molecule has 0 spiro atoms. The summed E-state index contributed by atoms with van der Waals surface area (Å²) in [7, 11) is 0.